The second kappa shape index (κ2) is 10.5. The first-order valence-corrected chi connectivity index (χ1v) is 9.77. The molecule has 30 heavy (non-hydrogen) atoms. The van der Waals surface area contributed by atoms with Crippen LogP contribution in [0.2, 0.25) is 0 Å². The van der Waals surface area contributed by atoms with Gasteiger partial charge in [-0.05, 0) is 62.6 Å². The highest BCUT2D eigenvalue weighted by atomic mass is 16.5. The molecule has 0 bridgehead atoms. The number of methoxy groups -OCH3 is 1. The number of aromatic nitrogens is 1. The van der Waals surface area contributed by atoms with Crippen molar-refractivity contribution >= 4 is 17.8 Å². The highest BCUT2D eigenvalue weighted by Crippen LogP contribution is 2.13. The first kappa shape index (κ1) is 23.0. The summed E-state index contributed by atoms with van der Waals surface area (Å²) in [7, 11) is 1.29. The number of nitrogens with zero attached hydrogens (tertiary/aromatic N) is 1. The molecular weight excluding hydrogens is 386 g/mol. The summed E-state index contributed by atoms with van der Waals surface area (Å²) in [6.45, 7) is 7.46. The molecule has 162 valence electrons. The lowest BCUT2D eigenvalue weighted by Gasteiger charge is -2.18. The normalized spacial score (nSPS) is 11.7. The Morgan fingerprint density at radius 3 is 2.13 bits per heavy atom. The van der Waals surface area contributed by atoms with Crippen LogP contribution in [0.1, 0.15) is 42.0 Å². The topological polar surface area (TPSA) is 98.7 Å². The monoisotopic (exact) mass is 415 g/mol. The summed E-state index contributed by atoms with van der Waals surface area (Å²) in [6.07, 6.45) is 0.475. The molecular formula is C22H29N3O5. The zero-order chi connectivity index (χ0) is 22.3. The van der Waals surface area contributed by atoms with Gasteiger partial charge < -0.3 is 14.8 Å². The minimum Gasteiger partial charge on any atom is -0.484 e. The van der Waals surface area contributed by atoms with Crippen LogP contribution in [0.4, 0.5) is 0 Å². The van der Waals surface area contributed by atoms with Gasteiger partial charge in [0.25, 0.3) is 11.8 Å². The fourth-order valence-corrected chi connectivity index (χ4v) is 2.93. The predicted molar refractivity (Wildman–Crippen MR) is 113 cm³/mol. The minimum absolute atomic E-state index is 0.216. The third-order valence-corrected chi connectivity index (χ3v) is 4.50. The molecule has 0 aliphatic carbocycles. The molecule has 0 aliphatic heterocycles. The molecule has 2 amide bonds. The number of rotatable bonds is 9. The van der Waals surface area contributed by atoms with E-state index in [9.17, 15) is 14.4 Å². The number of benzene rings is 1. The van der Waals surface area contributed by atoms with Crippen LogP contribution in [0.25, 0.3) is 0 Å². The summed E-state index contributed by atoms with van der Waals surface area (Å²) < 4.78 is 11.9. The van der Waals surface area contributed by atoms with Gasteiger partial charge in [0.15, 0.2) is 6.61 Å². The molecule has 8 nitrogen and oxygen atoms in total. The molecule has 2 aromatic rings. The molecule has 0 aliphatic rings. The zero-order valence-corrected chi connectivity index (χ0v) is 18.0. The predicted octanol–water partition coefficient (Wildman–Crippen LogP) is 2.57. The summed E-state index contributed by atoms with van der Waals surface area (Å²) >= 11 is 0. The Balaban J connectivity index is 1.90. The van der Waals surface area contributed by atoms with E-state index >= 15 is 0 Å². The van der Waals surface area contributed by atoms with Gasteiger partial charge in [-0.25, -0.2) is 4.79 Å². The van der Waals surface area contributed by atoms with E-state index < -0.39 is 17.9 Å². The highest BCUT2D eigenvalue weighted by Gasteiger charge is 2.22. The summed E-state index contributed by atoms with van der Waals surface area (Å²) in [5, 5.41) is 2.63. The molecule has 1 aromatic carbocycles. The third kappa shape index (κ3) is 6.37. The molecule has 0 radical (unpaired) electrons. The van der Waals surface area contributed by atoms with Crippen molar-refractivity contribution in [1.82, 2.24) is 9.99 Å². The van der Waals surface area contributed by atoms with Gasteiger partial charge in [0.1, 0.15) is 11.8 Å². The Bertz CT molecular complexity index is 867. The van der Waals surface area contributed by atoms with Crippen molar-refractivity contribution in [2.45, 2.75) is 40.2 Å². The molecule has 8 heteroatoms. The number of aryl methyl sites for hydroxylation is 2. The first-order chi connectivity index (χ1) is 14.2. The van der Waals surface area contributed by atoms with Gasteiger partial charge in [0, 0.05) is 17.0 Å². The quantitative estimate of drug-likeness (QED) is 0.614. The van der Waals surface area contributed by atoms with Crippen molar-refractivity contribution in [1.29, 1.82) is 0 Å². The molecule has 0 fully saturated rings. The van der Waals surface area contributed by atoms with E-state index in [-0.39, 0.29) is 18.4 Å². The lowest BCUT2D eigenvalue weighted by Crippen LogP contribution is -2.44. The average Bonchev–Trinajstić information content (AvgIpc) is 3.03. The Labute approximate surface area is 176 Å². The summed E-state index contributed by atoms with van der Waals surface area (Å²) in [5.74, 6) is -0.509. The lowest BCUT2D eigenvalue weighted by atomic mass is 10.0. The smallest absolute Gasteiger partial charge is 0.328 e. The number of esters is 1. The number of carbonyl (C=O) groups excluding carboxylic acids is 3. The maximum atomic E-state index is 12.4. The number of hydrogen-bond acceptors (Lipinski definition) is 5. The Hall–Kier alpha value is -3.29. The first-order valence-electron chi connectivity index (χ1n) is 9.77. The van der Waals surface area contributed by atoms with Gasteiger partial charge in [-0.15, -0.1) is 0 Å². The fourth-order valence-electron chi connectivity index (χ4n) is 2.93. The van der Waals surface area contributed by atoms with Crippen LogP contribution in [-0.4, -0.2) is 42.2 Å². The Morgan fingerprint density at radius 1 is 1.00 bits per heavy atom. The van der Waals surface area contributed by atoms with Gasteiger partial charge in [0.2, 0.25) is 0 Å². The Morgan fingerprint density at radius 2 is 1.60 bits per heavy atom. The molecule has 2 rings (SSSR count). The van der Waals surface area contributed by atoms with E-state index in [4.69, 9.17) is 9.47 Å². The van der Waals surface area contributed by atoms with E-state index in [1.165, 1.54) is 7.11 Å². The van der Waals surface area contributed by atoms with Crippen LogP contribution >= 0.6 is 0 Å². The van der Waals surface area contributed by atoms with Crippen molar-refractivity contribution in [3.05, 3.63) is 53.3 Å². The van der Waals surface area contributed by atoms with Gasteiger partial charge in [-0.2, -0.15) is 0 Å². The molecule has 1 aromatic heterocycles. The van der Waals surface area contributed by atoms with Gasteiger partial charge in [-0.1, -0.05) is 13.8 Å². The average molecular weight is 415 g/mol. The molecule has 1 atom stereocenters. The summed E-state index contributed by atoms with van der Waals surface area (Å²) in [6, 6.07) is 9.59. The third-order valence-electron chi connectivity index (χ3n) is 4.50. The highest BCUT2D eigenvalue weighted by molar-refractivity contribution is 6.00. The van der Waals surface area contributed by atoms with Crippen LogP contribution in [-0.2, 0) is 14.3 Å². The van der Waals surface area contributed by atoms with Crippen LogP contribution < -0.4 is 15.5 Å². The van der Waals surface area contributed by atoms with E-state index in [1.54, 1.807) is 28.9 Å². The lowest BCUT2D eigenvalue weighted by molar-refractivity contribution is -0.145. The second-order valence-corrected chi connectivity index (χ2v) is 7.48. The maximum absolute atomic E-state index is 12.4. The van der Waals surface area contributed by atoms with Crippen molar-refractivity contribution in [3.8, 4) is 5.75 Å². The Kier molecular flexibility index (Phi) is 8.03. The van der Waals surface area contributed by atoms with Crippen LogP contribution in [0.3, 0.4) is 0 Å². The molecule has 0 spiro atoms. The molecule has 0 saturated carbocycles. The van der Waals surface area contributed by atoms with E-state index in [0.717, 1.165) is 11.4 Å². The van der Waals surface area contributed by atoms with Crippen molar-refractivity contribution in [3.63, 3.8) is 0 Å². The van der Waals surface area contributed by atoms with Crippen molar-refractivity contribution < 1.29 is 23.9 Å². The summed E-state index contributed by atoms with van der Waals surface area (Å²) in [4.78, 5) is 36.3. The largest absolute Gasteiger partial charge is 0.484 e. The van der Waals surface area contributed by atoms with E-state index in [0.29, 0.717) is 17.7 Å². The van der Waals surface area contributed by atoms with Crippen LogP contribution in [0.15, 0.2) is 36.4 Å². The van der Waals surface area contributed by atoms with Gasteiger partial charge >= 0.3 is 5.97 Å². The molecule has 1 heterocycles. The second-order valence-electron chi connectivity index (χ2n) is 7.48. The van der Waals surface area contributed by atoms with Crippen LogP contribution in [0, 0.1) is 19.8 Å². The number of carbonyl (C=O) groups is 3. The van der Waals surface area contributed by atoms with E-state index in [2.05, 4.69) is 10.7 Å². The number of amides is 2. The van der Waals surface area contributed by atoms with Crippen LogP contribution in [0.5, 0.6) is 5.75 Å². The minimum atomic E-state index is -0.710. The molecule has 0 unspecified atom stereocenters. The SMILES string of the molecule is COC(=O)[C@H](CC(C)C)NC(=O)COc1ccc(C(=O)Nn2c(C)ccc2C)cc1. The number of nitrogens with one attached hydrogen (secondary N) is 2. The summed E-state index contributed by atoms with van der Waals surface area (Å²) in [5.41, 5.74) is 5.14. The number of ether oxygens (including phenoxy) is 2. The maximum Gasteiger partial charge on any atom is 0.328 e. The fraction of sp³-hybridized carbons (Fsp3) is 0.409. The molecule has 0 saturated heterocycles. The van der Waals surface area contributed by atoms with Gasteiger partial charge in [-0.3, -0.25) is 19.7 Å². The van der Waals surface area contributed by atoms with Crippen molar-refractivity contribution in [2.75, 3.05) is 19.1 Å². The van der Waals surface area contributed by atoms with Crippen molar-refractivity contribution in [2.24, 2.45) is 5.92 Å². The van der Waals surface area contributed by atoms with E-state index in [1.807, 2.05) is 39.8 Å². The molecule has 2 N–H and O–H groups in total. The van der Waals surface area contributed by atoms with Gasteiger partial charge in [0.05, 0.1) is 7.11 Å². The standard InChI is InChI=1S/C22H29N3O5/c1-14(2)12-19(22(28)29-5)23-20(26)13-30-18-10-8-17(9-11-18)21(27)24-25-15(3)6-7-16(25)4/h6-11,14,19H,12-13H2,1-5H3,(H,23,26)(H,24,27)/t19-/m0/s1. The zero-order valence-electron chi connectivity index (χ0n) is 18.0. The number of hydrogen-bond donors (Lipinski definition) is 2.